The summed E-state index contributed by atoms with van der Waals surface area (Å²) in [5.74, 6) is 0.956. The molecule has 1 aliphatic rings. The molecule has 0 unspecified atom stereocenters. The van der Waals surface area contributed by atoms with E-state index in [4.69, 9.17) is 17.3 Å². The van der Waals surface area contributed by atoms with Gasteiger partial charge in [-0.25, -0.2) is 0 Å². The molecule has 6 N–H and O–H groups in total. The van der Waals surface area contributed by atoms with Gasteiger partial charge < -0.3 is 21.7 Å². The van der Waals surface area contributed by atoms with Gasteiger partial charge in [-0.2, -0.15) is 5.10 Å². The fraction of sp³-hybridized carbons (Fsp3) is 0.375. The van der Waals surface area contributed by atoms with Crippen molar-refractivity contribution >= 4 is 34.8 Å². The van der Waals surface area contributed by atoms with E-state index in [2.05, 4.69) is 26.1 Å². The van der Waals surface area contributed by atoms with Crippen LogP contribution in [-0.4, -0.2) is 35.7 Å². The van der Waals surface area contributed by atoms with Crippen molar-refractivity contribution in [2.45, 2.75) is 12.8 Å². The number of primary amides is 1. The van der Waals surface area contributed by atoms with Gasteiger partial charge in [0, 0.05) is 17.3 Å². The average Bonchev–Trinajstić information content (AvgIpc) is 2.97. The fourth-order valence-corrected chi connectivity index (χ4v) is 3.03. The lowest BCUT2D eigenvalue weighted by Crippen LogP contribution is -2.31. The van der Waals surface area contributed by atoms with Gasteiger partial charge in [0.15, 0.2) is 5.82 Å². The third-order valence-corrected chi connectivity index (χ3v) is 4.36. The molecule has 1 aromatic carbocycles. The second-order valence-electron chi connectivity index (χ2n) is 5.90. The van der Waals surface area contributed by atoms with Gasteiger partial charge in [-0.15, -0.1) is 0 Å². The summed E-state index contributed by atoms with van der Waals surface area (Å²) in [5.41, 5.74) is 6.61. The molecule has 1 fully saturated rings. The van der Waals surface area contributed by atoms with Crippen LogP contribution in [0.15, 0.2) is 24.3 Å². The van der Waals surface area contributed by atoms with E-state index < -0.39 is 5.91 Å². The molecule has 0 aliphatic carbocycles. The highest BCUT2D eigenvalue weighted by Crippen LogP contribution is 2.26. The lowest BCUT2D eigenvalue weighted by molar-refractivity contribution is 0.100. The third-order valence-electron chi connectivity index (χ3n) is 4.12. The number of carbonyl (C=O) groups excluding carboxylic acids is 1. The summed E-state index contributed by atoms with van der Waals surface area (Å²) in [6, 6.07) is 7.21. The Labute approximate surface area is 145 Å². The number of hydrogen-bond donors (Lipinski definition) is 5. The summed E-state index contributed by atoms with van der Waals surface area (Å²) < 4.78 is 0. The number of rotatable bonds is 6. The highest BCUT2D eigenvalue weighted by molar-refractivity contribution is 6.30. The molecule has 1 amide bonds. The highest BCUT2D eigenvalue weighted by atomic mass is 35.5. The van der Waals surface area contributed by atoms with Crippen LogP contribution in [0.3, 0.4) is 0 Å². The number of H-pyrrole nitrogens is 1. The monoisotopic (exact) mass is 348 g/mol. The van der Waals surface area contributed by atoms with Crippen LogP contribution in [-0.2, 0) is 0 Å². The molecule has 0 bridgehead atoms. The average molecular weight is 349 g/mol. The van der Waals surface area contributed by atoms with Crippen molar-refractivity contribution in [3.05, 3.63) is 34.9 Å². The molecular weight excluding hydrogens is 328 g/mol. The van der Waals surface area contributed by atoms with Crippen LogP contribution >= 0.6 is 11.6 Å². The minimum Gasteiger partial charge on any atom is -0.368 e. The van der Waals surface area contributed by atoms with Gasteiger partial charge in [0.2, 0.25) is 0 Å². The number of piperidine rings is 1. The maximum atomic E-state index is 11.9. The number of benzene rings is 1. The van der Waals surface area contributed by atoms with E-state index in [1.54, 1.807) is 12.1 Å². The quantitative estimate of drug-likeness (QED) is 0.550. The Morgan fingerprint density at radius 1 is 1.38 bits per heavy atom. The number of amides is 1. The fourth-order valence-electron chi connectivity index (χ4n) is 2.84. The molecule has 2 aromatic rings. The van der Waals surface area contributed by atoms with Crippen LogP contribution in [0.25, 0.3) is 0 Å². The van der Waals surface area contributed by atoms with Crippen molar-refractivity contribution in [2.75, 3.05) is 30.3 Å². The largest absolute Gasteiger partial charge is 0.368 e. The van der Waals surface area contributed by atoms with Crippen LogP contribution in [0, 0.1) is 5.92 Å². The standard InChI is InChI=1S/C16H21ClN6O/c17-11-2-1-3-12(8-11)21-16-13(14(18)24)15(22-23-16)20-9-10-4-6-19-7-5-10/h1-3,8,10,19H,4-7,9H2,(H2,18,24)(H3,20,21,22,23). The molecule has 1 saturated heterocycles. The summed E-state index contributed by atoms with van der Waals surface area (Å²) in [5, 5.41) is 17.3. The molecular formula is C16H21ClN6O. The number of nitrogens with two attached hydrogens (primary N) is 1. The normalized spacial score (nSPS) is 15.2. The second-order valence-corrected chi connectivity index (χ2v) is 6.33. The van der Waals surface area contributed by atoms with Gasteiger partial charge in [-0.1, -0.05) is 17.7 Å². The van der Waals surface area contributed by atoms with Gasteiger partial charge in [-0.3, -0.25) is 9.89 Å². The zero-order chi connectivity index (χ0) is 16.9. The summed E-state index contributed by atoms with van der Waals surface area (Å²) >= 11 is 5.98. The summed E-state index contributed by atoms with van der Waals surface area (Å²) in [6.45, 7) is 2.82. The number of anilines is 3. The minimum absolute atomic E-state index is 0.323. The van der Waals surface area contributed by atoms with Gasteiger partial charge in [0.25, 0.3) is 5.91 Å². The predicted octanol–water partition coefficient (Wildman–Crippen LogP) is 2.32. The summed E-state index contributed by atoms with van der Waals surface area (Å²) in [4.78, 5) is 11.9. The number of carbonyl (C=O) groups is 1. The molecule has 0 atom stereocenters. The highest BCUT2D eigenvalue weighted by Gasteiger charge is 2.20. The SMILES string of the molecule is NC(=O)c1c(NCC2CCNCC2)n[nH]c1Nc1cccc(Cl)c1. The van der Waals surface area contributed by atoms with Crippen LogP contribution in [0.2, 0.25) is 5.02 Å². The molecule has 0 spiro atoms. The number of hydrogen-bond acceptors (Lipinski definition) is 5. The first-order valence-corrected chi connectivity index (χ1v) is 8.36. The van der Waals surface area contributed by atoms with E-state index >= 15 is 0 Å². The first-order chi connectivity index (χ1) is 11.6. The maximum Gasteiger partial charge on any atom is 0.256 e. The van der Waals surface area contributed by atoms with Crippen LogP contribution in [0.4, 0.5) is 17.3 Å². The van der Waals surface area contributed by atoms with E-state index in [0.29, 0.717) is 28.1 Å². The predicted molar refractivity (Wildman–Crippen MR) is 95.9 cm³/mol. The van der Waals surface area contributed by atoms with Crippen molar-refractivity contribution in [1.29, 1.82) is 0 Å². The van der Waals surface area contributed by atoms with Crippen molar-refractivity contribution < 1.29 is 4.79 Å². The van der Waals surface area contributed by atoms with E-state index in [1.165, 1.54) is 0 Å². The number of aromatic amines is 1. The first-order valence-electron chi connectivity index (χ1n) is 7.99. The van der Waals surface area contributed by atoms with Crippen LogP contribution in [0.5, 0.6) is 0 Å². The minimum atomic E-state index is -0.541. The van der Waals surface area contributed by atoms with Crippen LogP contribution in [0.1, 0.15) is 23.2 Å². The van der Waals surface area contributed by atoms with E-state index in [0.717, 1.165) is 38.2 Å². The van der Waals surface area contributed by atoms with Gasteiger partial charge >= 0.3 is 0 Å². The summed E-state index contributed by atoms with van der Waals surface area (Å²) in [6.07, 6.45) is 2.22. The molecule has 128 valence electrons. The van der Waals surface area contributed by atoms with Crippen molar-refractivity contribution in [1.82, 2.24) is 15.5 Å². The van der Waals surface area contributed by atoms with Gasteiger partial charge in [-0.05, 0) is 50.0 Å². The Morgan fingerprint density at radius 2 is 2.17 bits per heavy atom. The molecule has 8 heteroatoms. The van der Waals surface area contributed by atoms with Crippen molar-refractivity contribution in [3.8, 4) is 0 Å². The van der Waals surface area contributed by atoms with Gasteiger partial charge in [0.05, 0.1) is 0 Å². The Bertz CT molecular complexity index is 710. The lowest BCUT2D eigenvalue weighted by Gasteiger charge is -2.22. The molecule has 2 heterocycles. The topological polar surface area (TPSA) is 108 Å². The molecule has 3 rings (SSSR count). The maximum absolute atomic E-state index is 11.9. The lowest BCUT2D eigenvalue weighted by atomic mass is 9.98. The Morgan fingerprint density at radius 3 is 2.88 bits per heavy atom. The van der Waals surface area contributed by atoms with E-state index in [-0.39, 0.29) is 0 Å². The number of aromatic nitrogens is 2. The van der Waals surface area contributed by atoms with Gasteiger partial charge in [0.1, 0.15) is 11.4 Å². The van der Waals surface area contributed by atoms with E-state index in [1.807, 2.05) is 12.1 Å². The third kappa shape index (κ3) is 3.98. The molecule has 7 nitrogen and oxygen atoms in total. The Balaban J connectivity index is 1.73. The molecule has 1 aromatic heterocycles. The van der Waals surface area contributed by atoms with Crippen molar-refractivity contribution in [2.24, 2.45) is 11.7 Å². The summed E-state index contributed by atoms with van der Waals surface area (Å²) in [7, 11) is 0. The van der Waals surface area contributed by atoms with Crippen molar-refractivity contribution in [3.63, 3.8) is 0 Å². The Hall–Kier alpha value is -2.25. The molecule has 0 saturated carbocycles. The molecule has 1 aliphatic heterocycles. The number of nitrogens with zero attached hydrogens (tertiary/aromatic N) is 1. The zero-order valence-electron chi connectivity index (χ0n) is 13.2. The molecule has 24 heavy (non-hydrogen) atoms. The number of nitrogens with one attached hydrogen (secondary N) is 4. The number of halogens is 1. The smallest absolute Gasteiger partial charge is 0.256 e. The van der Waals surface area contributed by atoms with E-state index in [9.17, 15) is 4.79 Å². The first kappa shape index (κ1) is 16.6. The zero-order valence-corrected chi connectivity index (χ0v) is 14.0. The van der Waals surface area contributed by atoms with Crippen LogP contribution < -0.4 is 21.7 Å². The molecule has 0 radical (unpaired) electrons. The second kappa shape index (κ2) is 7.55. The Kier molecular flexibility index (Phi) is 5.22.